The van der Waals surface area contributed by atoms with E-state index in [0.717, 1.165) is 32.0 Å². The lowest BCUT2D eigenvalue weighted by Gasteiger charge is -2.36. The predicted octanol–water partition coefficient (Wildman–Crippen LogP) is 2.51. The molecular weight excluding hydrogens is 242 g/mol. The Hall–Kier alpha value is -0.450. The number of hydrogen-bond acceptors (Lipinski definition) is 4. The second-order valence-electron chi connectivity index (χ2n) is 5.48. The molecule has 4 heteroatoms. The molecule has 1 saturated heterocycles. The van der Waals surface area contributed by atoms with Crippen molar-refractivity contribution in [3.05, 3.63) is 16.1 Å². The zero-order chi connectivity index (χ0) is 13.0. The summed E-state index contributed by atoms with van der Waals surface area (Å²) in [4.78, 5) is 7.23. The molecule has 0 amide bonds. The number of nitrogens with two attached hydrogens (primary N) is 1. The standard InChI is InChI=1S/C14H25N3S/c1-3-4-14-16-13(10-18-14)9-17-6-5-11(2)12(7-15)8-17/h10-12H,3-9,15H2,1-2H3. The molecule has 0 spiro atoms. The van der Waals surface area contributed by atoms with Gasteiger partial charge in [0.2, 0.25) is 0 Å². The molecule has 2 heterocycles. The van der Waals surface area contributed by atoms with Gasteiger partial charge in [-0.05, 0) is 44.2 Å². The molecule has 2 N–H and O–H groups in total. The molecule has 0 aliphatic carbocycles. The van der Waals surface area contributed by atoms with Crippen molar-refractivity contribution in [2.24, 2.45) is 17.6 Å². The highest BCUT2D eigenvalue weighted by molar-refractivity contribution is 7.09. The Labute approximate surface area is 114 Å². The Morgan fingerprint density at radius 3 is 3.11 bits per heavy atom. The summed E-state index contributed by atoms with van der Waals surface area (Å²) in [5.74, 6) is 1.44. The van der Waals surface area contributed by atoms with E-state index in [1.54, 1.807) is 0 Å². The van der Waals surface area contributed by atoms with Crippen LogP contribution in [0.15, 0.2) is 5.38 Å². The number of piperidine rings is 1. The normalized spacial score (nSPS) is 25.5. The SMILES string of the molecule is CCCc1nc(CN2CCC(C)C(CN)C2)cs1. The summed E-state index contributed by atoms with van der Waals surface area (Å²) in [6.07, 6.45) is 3.57. The molecule has 0 bridgehead atoms. The van der Waals surface area contributed by atoms with Gasteiger partial charge in [-0.2, -0.15) is 0 Å². The van der Waals surface area contributed by atoms with Crippen LogP contribution in [0, 0.1) is 11.8 Å². The van der Waals surface area contributed by atoms with Gasteiger partial charge >= 0.3 is 0 Å². The van der Waals surface area contributed by atoms with Crippen molar-refractivity contribution in [3.63, 3.8) is 0 Å². The molecule has 2 atom stereocenters. The van der Waals surface area contributed by atoms with Crippen LogP contribution < -0.4 is 5.73 Å². The van der Waals surface area contributed by atoms with E-state index in [1.165, 1.54) is 30.1 Å². The van der Waals surface area contributed by atoms with Crippen LogP contribution >= 0.6 is 11.3 Å². The summed E-state index contributed by atoms with van der Waals surface area (Å²) in [6.45, 7) is 8.69. The first-order chi connectivity index (χ1) is 8.72. The number of hydrogen-bond donors (Lipinski definition) is 1. The minimum atomic E-state index is 0.660. The van der Waals surface area contributed by atoms with E-state index in [-0.39, 0.29) is 0 Å². The van der Waals surface area contributed by atoms with Gasteiger partial charge in [-0.25, -0.2) is 4.98 Å². The lowest BCUT2D eigenvalue weighted by molar-refractivity contribution is 0.125. The van der Waals surface area contributed by atoms with Crippen molar-refractivity contribution in [2.75, 3.05) is 19.6 Å². The van der Waals surface area contributed by atoms with Gasteiger partial charge in [0, 0.05) is 18.5 Å². The molecule has 1 aliphatic heterocycles. The van der Waals surface area contributed by atoms with E-state index in [1.807, 2.05) is 11.3 Å². The van der Waals surface area contributed by atoms with Gasteiger partial charge in [0.25, 0.3) is 0 Å². The van der Waals surface area contributed by atoms with Gasteiger partial charge in [-0.1, -0.05) is 13.8 Å². The third kappa shape index (κ3) is 3.53. The van der Waals surface area contributed by atoms with E-state index < -0.39 is 0 Å². The molecule has 102 valence electrons. The average molecular weight is 267 g/mol. The molecule has 0 aromatic carbocycles. The second-order valence-corrected chi connectivity index (χ2v) is 6.42. The number of thiazole rings is 1. The third-order valence-corrected chi connectivity index (χ3v) is 4.91. The smallest absolute Gasteiger partial charge is 0.0928 e. The summed E-state index contributed by atoms with van der Waals surface area (Å²) in [6, 6.07) is 0. The minimum Gasteiger partial charge on any atom is -0.330 e. The highest BCUT2D eigenvalue weighted by Crippen LogP contribution is 2.24. The van der Waals surface area contributed by atoms with Crippen LogP contribution in [0.4, 0.5) is 0 Å². The zero-order valence-corrected chi connectivity index (χ0v) is 12.4. The molecule has 1 aliphatic rings. The Bertz CT molecular complexity index is 364. The summed E-state index contributed by atoms with van der Waals surface area (Å²) in [5.41, 5.74) is 7.10. The molecule has 18 heavy (non-hydrogen) atoms. The molecule has 2 unspecified atom stereocenters. The monoisotopic (exact) mass is 267 g/mol. The van der Waals surface area contributed by atoms with Gasteiger partial charge in [0.05, 0.1) is 10.7 Å². The third-order valence-electron chi connectivity index (χ3n) is 3.95. The van der Waals surface area contributed by atoms with Gasteiger partial charge in [0.15, 0.2) is 0 Å². The molecule has 0 saturated carbocycles. The maximum atomic E-state index is 5.85. The predicted molar refractivity (Wildman–Crippen MR) is 77.7 cm³/mol. The Kier molecular flexibility index (Phi) is 5.15. The first-order valence-electron chi connectivity index (χ1n) is 7.08. The quantitative estimate of drug-likeness (QED) is 0.891. The molecular formula is C14H25N3S. The highest BCUT2D eigenvalue weighted by atomic mass is 32.1. The van der Waals surface area contributed by atoms with Crippen LogP contribution in [-0.4, -0.2) is 29.5 Å². The van der Waals surface area contributed by atoms with E-state index in [9.17, 15) is 0 Å². The molecule has 0 radical (unpaired) electrons. The summed E-state index contributed by atoms with van der Waals surface area (Å²) in [5, 5.41) is 3.51. The highest BCUT2D eigenvalue weighted by Gasteiger charge is 2.25. The minimum absolute atomic E-state index is 0.660. The number of nitrogens with zero attached hydrogens (tertiary/aromatic N) is 2. The fraction of sp³-hybridized carbons (Fsp3) is 0.786. The van der Waals surface area contributed by atoms with Crippen LogP contribution in [0.2, 0.25) is 0 Å². The number of aryl methyl sites for hydroxylation is 1. The van der Waals surface area contributed by atoms with Crippen molar-refractivity contribution in [2.45, 2.75) is 39.7 Å². The largest absolute Gasteiger partial charge is 0.330 e. The molecule has 3 nitrogen and oxygen atoms in total. The van der Waals surface area contributed by atoms with Crippen LogP contribution in [0.25, 0.3) is 0 Å². The lowest BCUT2D eigenvalue weighted by atomic mass is 9.87. The van der Waals surface area contributed by atoms with Crippen molar-refractivity contribution < 1.29 is 0 Å². The van der Waals surface area contributed by atoms with Crippen LogP contribution in [-0.2, 0) is 13.0 Å². The summed E-state index contributed by atoms with van der Waals surface area (Å²) in [7, 11) is 0. The molecule has 1 aromatic rings. The molecule has 2 rings (SSSR count). The van der Waals surface area contributed by atoms with E-state index >= 15 is 0 Å². The van der Waals surface area contributed by atoms with Gasteiger partial charge in [-0.15, -0.1) is 11.3 Å². The average Bonchev–Trinajstić information content (AvgIpc) is 2.80. The van der Waals surface area contributed by atoms with Gasteiger partial charge < -0.3 is 5.73 Å². The Morgan fingerprint density at radius 2 is 2.39 bits per heavy atom. The van der Waals surface area contributed by atoms with Gasteiger partial charge in [-0.3, -0.25) is 4.90 Å². The van der Waals surface area contributed by atoms with E-state index in [0.29, 0.717) is 5.92 Å². The number of likely N-dealkylation sites (tertiary alicyclic amines) is 1. The van der Waals surface area contributed by atoms with E-state index in [2.05, 4.69) is 24.1 Å². The lowest BCUT2D eigenvalue weighted by Crippen LogP contribution is -2.42. The van der Waals surface area contributed by atoms with Crippen molar-refractivity contribution in [1.29, 1.82) is 0 Å². The molecule has 1 fully saturated rings. The number of rotatable bonds is 5. The second kappa shape index (κ2) is 6.64. The van der Waals surface area contributed by atoms with Gasteiger partial charge in [0.1, 0.15) is 0 Å². The maximum absolute atomic E-state index is 5.85. The Balaban J connectivity index is 1.88. The van der Waals surface area contributed by atoms with Crippen molar-refractivity contribution >= 4 is 11.3 Å². The van der Waals surface area contributed by atoms with E-state index in [4.69, 9.17) is 10.7 Å². The fourth-order valence-electron chi connectivity index (χ4n) is 2.65. The van der Waals surface area contributed by atoms with Crippen molar-refractivity contribution in [3.8, 4) is 0 Å². The number of aromatic nitrogens is 1. The Morgan fingerprint density at radius 1 is 1.56 bits per heavy atom. The fourth-order valence-corrected chi connectivity index (χ4v) is 3.55. The maximum Gasteiger partial charge on any atom is 0.0928 e. The zero-order valence-electron chi connectivity index (χ0n) is 11.6. The van der Waals surface area contributed by atoms with Crippen molar-refractivity contribution in [1.82, 2.24) is 9.88 Å². The first kappa shape index (κ1) is 14.0. The van der Waals surface area contributed by atoms with Crippen LogP contribution in [0.5, 0.6) is 0 Å². The van der Waals surface area contributed by atoms with Crippen LogP contribution in [0.1, 0.15) is 37.4 Å². The summed E-state index contributed by atoms with van der Waals surface area (Å²) < 4.78 is 0. The molecule has 1 aromatic heterocycles. The summed E-state index contributed by atoms with van der Waals surface area (Å²) >= 11 is 1.81. The topological polar surface area (TPSA) is 42.2 Å². The first-order valence-corrected chi connectivity index (χ1v) is 7.96. The van der Waals surface area contributed by atoms with Crippen LogP contribution in [0.3, 0.4) is 0 Å².